The van der Waals surface area contributed by atoms with E-state index in [0.717, 1.165) is 48.9 Å². The highest BCUT2D eigenvalue weighted by Gasteiger charge is 2.18. The third kappa shape index (κ3) is 5.53. The van der Waals surface area contributed by atoms with Crippen molar-refractivity contribution in [2.45, 2.75) is 25.8 Å². The van der Waals surface area contributed by atoms with Crippen LogP contribution in [0.5, 0.6) is 5.75 Å². The number of para-hydroxylation sites is 1. The van der Waals surface area contributed by atoms with Crippen LogP contribution in [0, 0.1) is 11.3 Å². The Labute approximate surface area is 190 Å². The summed E-state index contributed by atoms with van der Waals surface area (Å²) >= 11 is 1.33. The van der Waals surface area contributed by atoms with E-state index in [-0.39, 0.29) is 5.57 Å². The molecule has 9 heteroatoms. The Morgan fingerprint density at radius 1 is 1.19 bits per heavy atom. The normalized spacial score (nSPS) is 13.7. The van der Waals surface area contributed by atoms with Crippen molar-refractivity contribution in [3.8, 4) is 11.8 Å². The SMILES string of the molecule is N#C/C(=C/c1cccn1CCCOc1ccccc1)C(=O)Nc1nnc(N2CCCC2)s1. The second-order valence-corrected chi connectivity index (χ2v) is 8.31. The topological polar surface area (TPSA) is 96.1 Å². The van der Waals surface area contributed by atoms with Gasteiger partial charge in [0.25, 0.3) is 5.91 Å². The molecular formula is C23H24N6O2S. The van der Waals surface area contributed by atoms with E-state index in [2.05, 4.69) is 20.4 Å². The number of hydrogen-bond donors (Lipinski definition) is 1. The van der Waals surface area contributed by atoms with Crippen LogP contribution in [0.15, 0.2) is 54.2 Å². The number of hydrogen-bond acceptors (Lipinski definition) is 7. The van der Waals surface area contributed by atoms with Gasteiger partial charge < -0.3 is 14.2 Å². The highest BCUT2D eigenvalue weighted by Crippen LogP contribution is 2.27. The van der Waals surface area contributed by atoms with E-state index < -0.39 is 5.91 Å². The van der Waals surface area contributed by atoms with Gasteiger partial charge in [-0.05, 0) is 49.6 Å². The Balaban J connectivity index is 1.34. The monoisotopic (exact) mass is 448 g/mol. The number of benzene rings is 1. The van der Waals surface area contributed by atoms with E-state index in [9.17, 15) is 10.1 Å². The summed E-state index contributed by atoms with van der Waals surface area (Å²) in [5.41, 5.74) is 0.801. The van der Waals surface area contributed by atoms with Gasteiger partial charge in [0.2, 0.25) is 10.3 Å². The molecular weight excluding hydrogens is 424 g/mol. The second kappa shape index (κ2) is 10.6. The minimum atomic E-state index is -0.489. The molecule has 1 N–H and O–H groups in total. The Hall–Kier alpha value is -3.64. The van der Waals surface area contributed by atoms with E-state index in [1.54, 1.807) is 6.08 Å². The quantitative estimate of drug-likeness (QED) is 0.302. The molecule has 0 atom stereocenters. The number of nitrogens with zero attached hydrogens (tertiary/aromatic N) is 5. The summed E-state index contributed by atoms with van der Waals surface area (Å²) in [6.07, 6.45) is 6.59. The molecule has 3 heterocycles. The number of aromatic nitrogens is 3. The molecule has 3 aromatic rings. The third-order valence-corrected chi connectivity index (χ3v) is 5.99. The van der Waals surface area contributed by atoms with Gasteiger partial charge in [0.05, 0.1) is 6.61 Å². The van der Waals surface area contributed by atoms with Crippen molar-refractivity contribution in [1.29, 1.82) is 5.26 Å². The Bertz CT molecular complexity index is 1110. The van der Waals surface area contributed by atoms with Crippen molar-refractivity contribution in [3.63, 3.8) is 0 Å². The highest BCUT2D eigenvalue weighted by atomic mass is 32.1. The van der Waals surface area contributed by atoms with Crippen molar-refractivity contribution in [3.05, 3.63) is 59.9 Å². The molecule has 0 aliphatic carbocycles. The maximum absolute atomic E-state index is 12.6. The van der Waals surface area contributed by atoms with Crippen molar-refractivity contribution in [2.24, 2.45) is 0 Å². The molecule has 0 bridgehead atoms. The van der Waals surface area contributed by atoms with Gasteiger partial charge in [0.1, 0.15) is 17.4 Å². The summed E-state index contributed by atoms with van der Waals surface area (Å²) in [6.45, 7) is 3.20. The predicted octanol–water partition coefficient (Wildman–Crippen LogP) is 3.95. The number of rotatable bonds is 9. The molecule has 1 saturated heterocycles. The predicted molar refractivity (Wildman–Crippen MR) is 125 cm³/mol. The zero-order valence-electron chi connectivity index (χ0n) is 17.6. The summed E-state index contributed by atoms with van der Waals surface area (Å²) < 4.78 is 7.72. The minimum absolute atomic E-state index is 0.0170. The third-order valence-electron chi connectivity index (χ3n) is 5.09. The summed E-state index contributed by atoms with van der Waals surface area (Å²) in [4.78, 5) is 14.8. The molecule has 0 saturated carbocycles. The van der Waals surface area contributed by atoms with Gasteiger partial charge in [-0.15, -0.1) is 10.2 Å². The maximum atomic E-state index is 12.6. The number of carbonyl (C=O) groups excluding carboxylic acids is 1. The molecule has 2 aromatic heterocycles. The first kappa shape index (κ1) is 21.6. The smallest absolute Gasteiger partial charge is 0.268 e. The molecule has 164 valence electrons. The average Bonchev–Trinajstić information content (AvgIpc) is 3.58. The molecule has 1 aromatic carbocycles. The maximum Gasteiger partial charge on any atom is 0.268 e. The van der Waals surface area contributed by atoms with Gasteiger partial charge in [0, 0.05) is 31.5 Å². The first-order chi connectivity index (χ1) is 15.7. The Kier molecular flexibility index (Phi) is 7.15. The van der Waals surface area contributed by atoms with Crippen LogP contribution in [0.4, 0.5) is 10.3 Å². The molecule has 0 unspecified atom stereocenters. The number of ether oxygens (including phenoxy) is 1. The molecule has 1 aliphatic heterocycles. The summed E-state index contributed by atoms with van der Waals surface area (Å²) in [5.74, 6) is 0.352. The second-order valence-electron chi connectivity index (χ2n) is 7.35. The number of nitrogens with one attached hydrogen (secondary N) is 1. The van der Waals surface area contributed by atoms with Crippen molar-refractivity contribution >= 4 is 33.6 Å². The minimum Gasteiger partial charge on any atom is -0.494 e. The van der Waals surface area contributed by atoms with Gasteiger partial charge >= 0.3 is 0 Å². The van der Waals surface area contributed by atoms with E-state index >= 15 is 0 Å². The lowest BCUT2D eigenvalue weighted by Crippen LogP contribution is -2.17. The van der Waals surface area contributed by atoms with Gasteiger partial charge in [-0.3, -0.25) is 10.1 Å². The largest absolute Gasteiger partial charge is 0.494 e. The van der Waals surface area contributed by atoms with Crippen LogP contribution >= 0.6 is 11.3 Å². The van der Waals surface area contributed by atoms with E-state index in [1.165, 1.54) is 11.3 Å². The van der Waals surface area contributed by atoms with Gasteiger partial charge in [-0.2, -0.15) is 5.26 Å². The molecule has 0 spiro atoms. The zero-order valence-corrected chi connectivity index (χ0v) is 18.4. The fraction of sp³-hybridized carbons (Fsp3) is 0.304. The Morgan fingerprint density at radius 2 is 2.00 bits per heavy atom. The van der Waals surface area contributed by atoms with Crippen LogP contribution in [0.25, 0.3) is 6.08 Å². The molecule has 4 rings (SSSR count). The van der Waals surface area contributed by atoms with Crippen LogP contribution < -0.4 is 15.0 Å². The molecule has 0 radical (unpaired) electrons. The number of carbonyl (C=O) groups is 1. The van der Waals surface area contributed by atoms with Crippen LogP contribution in [-0.4, -0.2) is 40.4 Å². The molecule has 8 nitrogen and oxygen atoms in total. The Morgan fingerprint density at radius 3 is 2.78 bits per heavy atom. The van der Waals surface area contributed by atoms with Crippen LogP contribution in [-0.2, 0) is 11.3 Å². The standard InChI is InChI=1S/C23H24N6O2S/c24-17-18(21(30)25-22-26-27-23(32-22)29-11-4-5-12-29)16-19-8-6-13-28(19)14-7-15-31-20-9-2-1-3-10-20/h1-3,6,8-10,13,16H,4-5,7,11-12,14-15H2,(H,25,26,30)/b18-16-. The fourth-order valence-electron chi connectivity index (χ4n) is 3.47. The fourth-order valence-corrected chi connectivity index (χ4v) is 4.26. The summed E-state index contributed by atoms with van der Waals surface area (Å²) in [5, 5.41) is 21.6. The lowest BCUT2D eigenvalue weighted by atomic mass is 10.2. The van der Waals surface area contributed by atoms with Crippen molar-refractivity contribution in [2.75, 3.05) is 29.9 Å². The van der Waals surface area contributed by atoms with Crippen LogP contribution in [0.2, 0.25) is 0 Å². The highest BCUT2D eigenvalue weighted by molar-refractivity contribution is 7.19. The molecule has 32 heavy (non-hydrogen) atoms. The van der Waals surface area contributed by atoms with Gasteiger partial charge in [-0.25, -0.2) is 0 Å². The van der Waals surface area contributed by atoms with E-state index in [1.807, 2.05) is 59.3 Å². The lowest BCUT2D eigenvalue weighted by Gasteiger charge is -2.10. The van der Waals surface area contributed by atoms with Crippen LogP contribution in [0.1, 0.15) is 25.0 Å². The zero-order chi connectivity index (χ0) is 22.2. The average molecular weight is 449 g/mol. The number of anilines is 2. The number of aryl methyl sites for hydroxylation is 1. The lowest BCUT2D eigenvalue weighted by molar-refractivity contribution is -0.112. The van der Waals surface area contributed by atoms with Gasteiger partial charge in [-0.1, -0.05) is 29.5 Å². The molecule has 1 amide bonds. The molecule has 1 fully saturated rings. The summed E-state index contributed by atoms with van der Waals surface area (Å²) in [6, 6.07) is 15.4. The van der Waals surface area contributed by atoms with Crippen LogP contribution in [0.3, 0.4) is 0 Å². The van der Waals surface area contributed by atoms with Crippen molar-refractivity contribution < 1.29 is 9.53 Å². The number of amides is 1. The first-order valence-corrected chi connectivity index (χ1v) is 11.4. The molecule has 1 aliphatic rings. The first-order valence-electron chi connectivity index (χ1n) is 10.6. The summed E-state index contributed by atoms with van der Waals surface area (Å²) in [7, 11) is 0. The van der Waals surface area contributed by atoms with Crippen molar-refractivity contribution in [1.82, 2.24) is 14.8 Å². The van der Waals surface area contributed by atoms with E-state index in [0.29, 0.717) is 18.3 Å². The number of nitriles is 1. The van der Waals surface area contributed by atoms with Gasteiger partial charge in [0.15, 0.2) is 0 Å². The van der Waals surface area contributed by atoms with E-state index in [4.69, 9.17) is 4.74 Å².